The third-order valence-corrected chi connectivity index (χ3v) is 7.24. The fourth-order valence-corrected chi connectivity index (χ4v) is 5.25. The molecular weight excluding hydrogens is 484 g/mol. The van der Waals surface area contributed by atoms with Crippen LogP contribution < -0.4 is 5.69 Å². The quantitative estimate of drug-likeness (QED) is 0.359. The molecule has 1 aliphatic heterocycles. The Bertz CT molecular complexity index is 1700. The van der Waals surface area contributed by atoms with Crippen molar-refractivity contribution in [1.82, 2.24) is 28.6 Å². The van der Waals surface area contributed by atoms with Gasteiger partial charge in [0, 0.05) is 26.3 Å². The van der Waals surface area contributed by atoms with Crippen molar-refractivity contribution in [3.8, 4) is 22.6 Å². The molecule has 0 amide bonds. The van der Waals surface area contributed by atoms with Crippen LogP contribution in [0.15, 0.2) is 77.9 Å². The number of benzene rings is 2. The van der Waals surface area contributed by atoms with Crippen molar-refractivity contribution in [3.63, 3.8) is 0 Å². The van der Waals surface area contributed by atoms with Crippen molar-refractivity contribution in [2.24, 2.45) is 7.05 Å². The third-order valence-electron chi connectivity index (χ3n) is 7.24. The van der Waals surface area contributed by atoms with Gasteiger partial charge in [0.15, 0.2) is 5.65 Å². The van der Waals surface area contributed by atoms with Gasteiger partial charge < -0.3 is 14.8 Å². The predicted octanol–water partition coefficient (Wildman–Crippen LogP) is 3.44. The molecule has 0 radical (unpaired) electrons. The number of phenols is 1. The lowest BCUT2D eigenvalue weighted by molar-refractivity contribution is 0.0686. The number of carboxylic acid groups (broad SMARTS) is 1. The number of aromatic nitrogens is 5. The number of likely N-dealkylation sites (tertiary alicyclic amines) is 1. The standard InChI is InChI=1S/C28H26N6O4/c1-31-24(27(36)37)15-30-25(31)17-32-14-12-21(16-32)34-26-23(3-2-13-29-26)33(28(34)38)20-8-4-18(5-9-20)19-6-10-22(35)11-7-19/h2-11,13,15,21,35H,12,14,16-17H2,1H3,(H,36,37)/t21-/m0/s1. The van der Waals surface area contributed by atoms with Gasteiger partial charge >= 0.3 is 11.7 Å². The number of rotatable bonds is 6. The molecule has 2 aromatic carbocycles. The highest BCUT2D eigenvalue weighted by molar-refractivity contribution is 5.85. The highest BCUT2D eigenvalue weighted by atomic mass is 16.4. The van der Waals surface area contributed by atoms with Crippen LogP contribution in [0.4, 0.5) is 0 Å². The largest absolute Gasteiger partial charge is 0.508 e. The van der Waals surface area contributed by atoms with Crippen LogP contribution in [0.2, 0.25) is 0 Å². The summed E-state index contributed by atoms with van der Waals surface area (Å²) < 4.78 is 5.07. The van der Waals surface area contributed by atoms with E-state index in [-0.39, 0.29) is 23.2 Å². The summed E-state index contributed by atoms with van der Waals surface area (Å²) in [5.74, 6) is -0.121. The van der Waals surface area contributed by atoms with Crippen LogP contribution in [-0.2, 0) is 13.6 Å². The number of imidazole rings is 2. The van der Waals surface area contributed by atoms with Gasteiger partial charge in [0.25, 0.3) is 0 Å². The topological polar surface area (TPSA) is 118 Å². The average molecular weight is 511 g/mol. The number of aromatic hydroxyl groups is 1. The van der Waals surface area contributed by atoms with Gasteiger partial charge in [0.1, 0.15) is 17.3 Å². The smallest absolute Gasteiger partial charge is 0.354 e. The molecule has 1 saturated heterocycles. The molecule has 2 N–H and O–H groups in total. The second-order valence-electron chi connectivity index (χ2n) is 9.53. The third kappa shape index (κ3) is 4.04. The molecule has 1 aliphatic rings. The first kappa shape index (κ1) is 23.7. The van der Waals surface area contributed by atoms with Gasteiger partial charge in [-0.1, -0.05) is 24.3 Å². The number of nitrogens with zero attached hydrogens (tertiary/aromatic N) is 6. The predicted molar refractivity (Wildman–Crippen MR) is 142 cm³/mol. The number of carboxylic acids is 1. The summed E-state index contributed by atoms with van der Waals surface area (Å²) in [6, 6.07) is 18.4. The molecule has 10 heteroatoms. The van der Waals surface area contributed by atoms with E-state index in [9.17, 15) is 19.8 Å². The van der Waals surface area contributed by atoms with Crippen molar-refractivity contribution in [3.05, 3.63) is 95.1 Å². The Morgan fingerprint density at radius 1 is 1.03 bits per heavy atom. The Labute approximate surface area is 217 Å². The highest BCUT2D eigenvalue weighted by Crippen LogP contribution is 2.28. The molecule has 38 heavy (non-hydrogen) atoms. The monoisotopic (exact) mass is 510 g/mol. The molecule has 6 rings (SSSR count). The lowest BCUT2D eigenvalue weighted by Gasteiger charge is -2.16. The number of aromatic carboxylic acids is 1. The summed E-state index contributed by atoms with van der Waals surface area (Å²) in [5.41, 5.74) is 4.08. The molecule has 4 heterocycles. The van der Waals surface area contributed by atoms with Crippen molar-refractivity contribution in [2.75, 3.05) is 13.1 Å². The second-order valence-corrected chi connectivity index (χ2v) is 9.53. The summed E-state index contributed by atoms with van der Waals surface area (Å²) in [5, 5.41) is 18.9. The fourth-order valence-electron chi connectivity index (χ4n) is 5.25. The van der Waals surface area contributed by atoms with Crippen molar-refractivity contribution >= 4 is 17.1 Å². The first-order valence-electron chi connectivity index (χ1n) is 12.3. The molecule has 0 spiro atoms. The van der Waals surface area contributed by atoms with Gasteiger partial charge in [-0.25, -0.2) is 19.6 Å². The molecule has 3 aromatic heterocycles. The molecule has 0 aliphatic carbocycles. The number of pyridine rings is 1. The Hall–Kier alpha value is -4.70. The molecular formula is C28H26N6O4. The minimum absolute atomic E-state index is 0.0726. The maximum atomic E-state index is 13.8. The Morgan fingerprint density at radius 3 is 2.42 bits per heavy atom. The summed E-state index contributed by atoms with van der Waals surface area (Å²) in [6.07, 6.45) is 3.84. The lowest BCUT2D eigenvalue weighted by Crippen LogP contribution is -2.29. The molecule has 0 unspecified atom stereocenters. The van der Waals surface area contributed by atoms with E-state index < -0.39 is 5.97 Å². The number of hydrogen-bond acceptors (Lipinski definition) is 6. The van der Waals surface area contributed by atoms with Gasteiger partial charge in [-0.3, -0.25) is 14.0 Å². The fraction of sp³-hybridized carbons (Fsp3) is 0.214. The minimum atomic E-state index is -1.01. The second kappa shape index (κ2) is 9.31. The van der Waals surface area contributed by atoms with Crippen LogP contribution in [0, 0.1) is 0 Å². The van der Waals surface area contributed by atoms with Gasteiger partial charge in [0.2, 0.25) is 0 Å². The number of hydrogen-bond donors (Lipinski definition) is 2. The highest BCUT2D eigenvalue weighted by Gasteiger charge is 2.30. The zero-order valence-corrected chi connectivity index (χ0v) is 20.7. The Balaban J connectivity index is 1.30. The van der Waals surface area contributed by atoms with E-state index in [1.807, 2.05) is 48.5 Å². The first-order chi connectivity index (χ1) is 18.4. The average Bonchev–Trinajstić information content (AvgIpc) is 3.60. The van der Waals surface area contributed by atoms with Crippen LogP contribution in [-0.4, -0.2) is 57.8 Å². The van der Waals surface area contributed by atoms with Crippen LogP contribution in [0.5, 0.6) is 5.75 Å². The molecule has 0 bridgehead atoms. The molecule has 5 aromatic rings. The first-order valence-corrected chi connectivity index (χ1v) is 12.3. The zero-order chi connectivity index (χ0) is 26.4. The SMILES string of the molecule is Cn1c(C(=O)O)cnc1CN1CC[C@H](n2c(=O)n(-c3ccc(-c4ccc(O)cc4)cc3)c3cccnc32)C1. The van der Waals surface area contributed by atoms with E-state index >= 15 is 0 Å². The minimum Gasteiger partial charge on any atom is -0.508 e. The lowest BCUT2D eigenvalue weighted by atomic mass is 10.1. The van der Waals surface area contributed by atoms with Crippen molar-refractivity contribution in [2.45, 2.75) is 19.0 Å². The van der Waals surface area contributed by atoms with Crippen molar-refractivity contribution < 1.29 is 15.0 Å². The Morgan fingerprint density at radius 2 is 1.74 bits per heavy atom. The van der Waals surface area contributed by atoms with Gasteiger partial charge in [-0.2, -0.15) is 0 Å². The van der Waals surface area contributed by atoms with E-state index in [2.05, 4.69) is 14.9 Å². The van der Waals surface area contributed by atoms with Crippen molar-refractivity contribution in [1.29, 1.82) is 0 Å². The number of carbonyl (C=O) groups is 1. The van der Waals surface area contributed by atoms with Gasteiger partial charge in [0.05, 0.1) is 30.0 Å². The summed E-state index contributed by atoms with van der Waals surface area (Å²) in [7, 11) is 1.70. The zero-order valence-electron chi connectivity index (χ0n) is 20.7. The molecule has 0 saturated carbocycles. The van der Waals surface area contributed by atoms with Crippen LogP contribution in [0.25, 0.3) is 28.0 Å². The summed E-state index contributed by atoms with van der Waals surface area (Å²) in [4.78, 5) is 36.2. The van der Waals surface area contributed by atoms with E-state index in [1.54, 1.807) is 39.1 Å². The van der Waals surface area contributed by atoms with E-state index in [0.29, 0.717) is 24.6 Å². The number of phenolic OH excluding ortho intramolecular Hbond substituents is 1. The number of fused-ring (bicyclic) bond motifs is 1. The molecule has 1 fully saturated rings. The summed E-state index contributed by atoms with van der Waals surface area (Å²) in [6.45, 7) is 1.89. The summed E-state index contributed by atoms with van der Waals surface area (Å²) >= 11 is 0. The molecule has 1 atom stereocenters. The Kier molecular flexibility index (Phi) is 5.80. The maximum absolute atomic E-state index is 13.8. The normalized spacial score (nSPS) is 15.9. The maximum Gasteiger partial charge on any atom is 0.354 e. The van der Waals surface area contributed by atoms with Crippen LogP contribution in [0.3, 0.4) is 0 Å². The van der Waals surface area contributed by atoms with Crippen LogP contribution >= 0.6 is 0 Å². The van der Waals surface area contributed by atoms with E-state index in [0.717, 1.165) is 35.3 Å². The van der Waals surface area contributed by atoms with E-state index in [4.69, 9.17) is 0 Å². The molecule has 10 nitrogen and oxygen atoms in total. The van der Waals surface area contributed by atoms with Gasteiger partial charge in [-0.15, -0.1) is 0 Å². The molecule has 192 valence electrons. The van der Waals surface area contributed by atoms with Gasteiger partial charge in [-0.05, 0) is 53.9 Å². The van der Waals surface area contributed by atoms with E-state index in [1.165, 1.54) is 6.20 Å². The van der Waals surface area contributed by atoms with Crippen LogP contribution in [0.1, 0.15) is 28.8 Å².